The molecule has 0 bridgehead atoms. The Morgan fingerprint density at radius 3 is 2.63 bits per heavy atom. The van der Waals surface area contributed by atoms with Crippen LogP contribution in [0.1, 0.15) is 30.6 Å². The Labute approximate surface area is 113 Å². The number of rotatable bonds is 5. The minimum absolute atomic E-state index is 0.125. The van der Waals surface area contributed by atoms with Crippen LogP contribution in [0.25, 0.3) is 0 Å². The van der Waals surface area contributed by atoms with Crippen molar-refractivity contribution in [2.24, 2.45) is 11.1 Å². The van der Waals surface area contributed by atoms with Gasteiger partial charge >= 0.3 is 5.97 Å². The standard InChI is InChI=1S/C14H20N2O3/c1-14(2,7-8-15)13(18)16-11-6-4-5-10(9-11)12(17)19-3/h4-6,9H,7-8,15H2,1-3H3,(H,16,18). The molecule has 0 saturated heterocycles. The average Bonchev–Trinajstić information content (AvgIpc) is 2.38. The first kappa shape index (κ1) is 15.2. The molecule has 0 heterocycles. The van der Waals surface area contributed by atoms with Crippen LogP contribution in [0.15, 0.2) is 24.3 Å². The summed E-state index contributed by atoms with van der Waals surface area (Å²) in [5.41, 5.74) is 5.91. The average molecular weight is 264 g/mol. The molecule has 0 saturated carbocycles. The second kappa shape index (κ2) is 6.33. The van der Waals surface area contributed by atoms with E-state index < -0.39 is 11.4 Å². The van der Waals surface area contributed by atoms with E-state index in [-0.39, 0.29) is 5.91 Å². The fraction of sp³-hybridized carbons (Fsp3) is 0.429. The zero-order chi connectivity index (χ0) is 14.5. The highest BCUT2D eigenvalue weighted by atomic mass is 16.5. The van der Waals surface area contributed by atoms with Gasteiger partial charge < -0.3 is 15.8 Å². The summed E-state index contributed by atoms with van der Waals surface area (Å²) < 4.78 is 4.63. The predicted octanol–water partition coefficient (Wildman–Crippen LogP) is 1.79. The number of esters is 1. The van der Waals surface area contributed by atoms with Crippen molar-refractivity contribution in [1.82, 2.24) is 0 Å². The van der Waals surface area contributed by atoms with Crippen molar-refractivity contribution < 1.29 is 14.3 Å². The summed E-state index contributed by atoms with van der Waals surface area (Å²) in [5.74, 6) is -0.558. The predicted molar refractivity (Wildman–Crippen MR) is 73.9 cm³/mol. The second-order valence-corrected chi connectivity index (χ2v) is 4.95. The van der Waals surface area contributed by atoms with Crippen LogP contribution in [0.2, 0.25) is 0 Å². The Bertz CT molecular complexity index is 470. The van der Waals surface area contributed by atoms with Crippen molar-refractivity contribution in [1.29, 1.82) is 0 Å². The lowest BCUT2D eigenvalue weighted by molar-refractivity contribution is -0.124. The maximum atomic E-state index is 12.1. The number of anilines is 1. The van der Waals surface area contributed by atoms with E-state index in [1.165, 1.54) is 7.11 Å². The van der Waals surface area contributed by atoms with E-state index in [1.54, 1.807) is 24.3 Å². The Morgan fingerprint density at radius 2 is 2.05 bits per heavy atom. The highest BCUT2D eigenvalue weighted by Gasteiger charge is 2.26. The van der Waals surface area contributed by atoms with E-state index >= 15 is 0 Å². The third-order valence-electron chi connectivity index (χ3n) is 2.93. The van der Waals surface area contributed by atoms with Crippen molar-refractivity contribution in [3.05, 3.63) is 29.8 Å². The first-order valence-corrected chi connectivity index (χ1v) is 6.10. The molecule has 3 N–H and O–H groups in total. The van der Waals surface area contributed by atoms with E-state index in [0.717, 1.165) is 0 Å². The summed E-state index contributed by atoms with van der Waals surface area (Å²) in [6, 6.07) is 6.63. The number of carbonyl (C=O) groups excluding carboxylic acids is 2. The first-order chi connectivity index (χ1) is 8.90. The third kappa shape index (κ3) is 4.06. The van der Waals surface area contributed by atoms with Crippen LogP contribution in [-0.2, 0) is 9.53 Å². The number of methoxy groups -OCH3 is 1. The quantitative estimate of drug-likeness (QED) is 0.794. The van der Waals surface area contributed by atoms with E-state index in [9.17, 15) is 9.59 Å². The van der Waals surface area contributed by atoms with Crippen LogP contribution in [0, 0.1) is 5.41 Å². The Balaban J connectivity index is 2.83. The molecule has 0 aliphatic carbocycles. The monoisotopic (exact) mass is 264 g/mol. The number of ether oxygens (including phenoxy) is 1. The van der Waals surface area contributed by atoms with Gasteiger partial charge in [0, 0.05) is 11.1 Å². The number of carbonyl (C=O) groups is 2. The van der Waals surface area contributed by atoms with Gasteiger partial charge in [0.1, 0.15) is 0 Å². The molecule has 1 rings (SSSR count). The van der Waals surface area contributed by atoms with Crippen LogP contribution < -0.4 is 11.1 Å². The lowest BCUT2D eigenvalue weighted by atomic mass is 9.88. The molecule has 0 fully saturated rings. The van der Waals surface area contributed by atoms with Gasteiger partial charge in [-0.2, -0.15) is 0 Å². The van der Waals surface area contributed by atoms with Crippen LogP contribution >= 0.6 is 0 Å². The minimum Gasteiger partial charge on any atom is -0.465 e. The minimum atomic E-state index is -0.546. The normalized spacial score (nSPS) is 10.9. The highest BCUT2D eigenvalue weighted by Crippen LogP contribution is 2.22. The van der Waals surface area contributed by atoms with Gasteiger partial charge in [0.05, 0.1) is 12.7 Å². The van der Waals surface area contributed by atoms with Crippen molar-refractivity contribution >= 4 is 17.6 Å². The number of amides is 1. The van der Waals surface area contributed by atoms with E-state index in [0.29, 0.717) is 24.2 Å². The number of nitrogens with one attached hydrogen (secondary N) is 1. The molecule has 104 valence electrons. The molecule has 1 amide bonds. The molecule has 0 aromatic heterocycles. The van der Waals surface area contributed by atoms with Gasteiger partial charge in [-0.3, -0.25) is 4.79 Å². The zero-order valence-electron chi connectivity index (χ0n) is 11.5. The Morgan fingerprint density at radius 1 is 1.37 bits per heavy atom. The maximum Gasteiger partial charge on any atom is 0.337 e. The molecule has 5 nitrogen and oxygen atoms in total. The number of hydrogen-bond acceptors (Lipinski definition) is 4. The first-order valence-electron chi connectivity index (χ1n) is 6.10. The summed E-state index contributed by atoms with van der Waals surface area (Å²) >= 11 is 0. The van der Waals surface area contributed by atoms with Crippen LogP contribution in [-0.4, -0.2) is 25.5 Å². The van der Waals surface area contributed by atoms with Crippen molar-refractivity contribution in [3.8, 4) is 0 Å². The molecule has 0 spiro atoms. The number of nitrogens with two attached hydrogens (primary N) is 1. The molecule has 0 aliphatic rings. The molecule has 0 unspecified atom stereocenters. The number of hydrogen-bond donors (Lipinski definition) is 2. The molecule has 0 atom stereocenters. The van der Waals surface area contributed by atoms with E-state index in [2.05, 4.69) is 10.1 Å². The van der Waals surface area contributed by atoms with Crippen molar-refractivity contribution in [2.75, 3.05) is 19.0 Å². The molecule has 5 heteroatoms. The van der Waals surface area contributed by atoms with Crippen molar-refractivity contribution in [3.63, 3.8) is 0 Å². The van der Waals surface area contributed by atoms with Gasteiger partial charge in [-0.05, 0) is 31.2 Å². The summed E-state index contributed by atoms with van der Waals surface area (Å²) in [7, 11) is 1.32. The molecular weight excluding hydrogens is 244 g/mol. The van der Waals surface area contributed by atoms with Crippen LogP contribution in [0.4, 0.5) is 5.69 Å². The molecule has 0 aliphatic heterocycles. The zero-order valence-corrected chi connectivity index (χ0v) is 11.5. The summed E-state index contributed by atoms with van der Waals surface area (Å²) in [6.07, 6.45) is 0.593. The summed E-state index contributed by atoms with van der Waals surface area (Å²) in [6.45, 7) is 4.11. The smallest absolute Gasteiger partial charge is 0.337 e. The third-order valence-corrected chi connectivity index (χ3v) is 2.93. The van der Waals surface area contributed by atoms with Gasteiger partial charge in [0.25, 0.3) is 0 Å². The lowest BCUT2D eigenvalue weighted by Crippen LogP contribution is -2.32. The molecule has 0 radical (unpaired) electrons. The summed E-state index contributed by atoms with van der Waals surface area (Å²) in [5, 5.41) is 2.78. The summed E-state index contributed by atoms with van der Waals surface area (Å²) in [4.78, 5) is 23.5. The number of benzene rings is 1. The topological polar surface area (TPSA) is 81.4 Å². The van der Waals surface area contributed by atoms with Crippen LogP contribution in [0.3, 0.4) is 0 Å². The maximum absolute atomic E-state index is 12.1. The van der Waals surface area contributed by atoms with Gasteiger partial charge in [0.15, 0.2) is 0 Å². The van der Waals surface area contributed by atoms with Gasteiger partial charge in [-0.1, -0.05) is 19.9 Å². The molecule has 1 aromatic carbocycles. The molecular formula is C14H20N2O3. The Kier molecular flexibility index (Phi) is 5.06. The van der Waals surface area contributed by atoms with Crippen LogP contribution in [0.5, 0.6) is 0 Å². The fourth-order valence-electron chi connectivity index (χ4n) is 1.62. The largest absolute Gasteiger partial charge is 0.465 e. The van der Waals surface area contributed by atoms with Crippen molar-refractivity contribution in [2.45, 2.75) is 20.3 Å². The lowest BCUT2D eigenvalue weighted by Gasteiger charge is -2.22. The Hall–Kier alpha value is -1.88. The van der Waals surface area contributed by atoms with Gasteiger partial charge in [0.2, 0.25) is 5.91 Å². The molecule has 1 aromatic rings. The SMILES string of the molecule is COC(=O)c1cccc(NC(=O)C(C)(C)CCN)c1. The van der Waals surface area contributed by atoms with Gasteiger partial charge in [-0.25, -0.2) is 4.79 Å². The van der Waals surface area contributed by atoms with E-state index in [1.807, 2.05) is 13.8 Å². The van der Waals surface area contributed by atoms with E-state index in [4.69, 9.17) is 5.73 Å². The highest BCUT2D eigenvalue weighted by molar-refractivity contribution is 5.96. The fourth-order valence-corrected chi connectivity index (χ4v) is 1.62. The van der Waals surface area contributed by atoms with Gasteiger partial charge in [-0.15, -0.1) is 0 Å². The molecule has 19 heavy (non-hydrogen) atoms. The second-order valence-electron chi connectivity index (χ2n) is 4.95.